The van der Waals surface area contributed by atoms with Crippen LogP contribution >= 0.6 is 46.4 Å². The van der Waals surface area contributed by atoms with E-state index in [1.807, 2.05) is 0 Å². The molecule has 60 valence electrons. The zero-order chi connectivity index (χ0) is 8.43. The Labute approximate surface area is 85.0 Å². The summed E-state index contributed by atoms with van der Waals surface area (Å²) >= 11 is 22.7. The molecule has 0 bridgehead atoms. The zero-order valence-corrected chi connectivity index (χ0v) is 8.40. The Morgan fingerprint density at radius 2 is 1.45 bits per heavy atom. The van der Waals surface area contributed by atoms with E-state index >= 15 is 0 Å². The van der Waals surface area contributed by atoms with E-state index in [4.69, 9.17) is 46.4 Å². The van der Waals surface area contributed by atoms with E-state index in [1.165, 1.54) is 0 Å². The maximum atomic E-state index is 5.72. The normalized spacial score (nSPS) is 10.2. The molecule has 0 atom stereocenters. The largest absolute Gasteiger partial charge is 0.122 e. The van der Waals surface area contributed by atoms with Gasteiger partial charge in [0.2, 0.25) is 0 Å². The quantitative estimate of drug-likeness (QED) is 0.495. The summed E-state index contributed by atoms with van der Waals surface area (Å²) in [5.41, 5.74) is 0.867. The van der Waals surface area contributed by atoms with E-state index in [0.717, 1.165) is 5.56 Å². The molecule has 0 aliphatic carbocycles. The highest BCUT2D eigenvalue weighted by Crippen LogP contribution is 2.31. The number of alkyl halides is 1. The second kappa shape index (κ2) is 3.86. The van der Waals surface area contributed by atoms with Gasteiger partial charge in [0.15, 0.2) is 0 Å². The molecule has 0 aromatic heterocycles. The summed E-state index contributed by atoms with van der Waals surface area (Å²) in [6.45, 7) is 0. The average molecular weight is 230 g/mol. The summed E-state index contributed by atoms with van der Waals surface area (Å²) in [6, 6.07) is 3.39. The Morgan fingerprint density at radius 3 is 1.82 bits per heavy atom. The maximum absolute atomic E-state index is 5.72. The average Bonchev–Trinajstić information content (AvgIpc) is 1.99. The Balaban J connectivity index is 3.21. The van der Waals surface area contributed by atoms with Crippen LogP contribution in [0.2, 0.25) is 15.1 Å². The van der Waals surface area contributed by atoms with E-state index in [-0.39, 0.29) is 0 Å². The lowest BCUT2D eigenvalue weighted by molar-refractivity contribution is 1.40. The molecule has 0 nitrogen and oxygen atoms in total. The number of hydrogen-bond donors (Lipinski definition) is 0. The van der Waals surface area contributed by atoms with E-state index in [9.17, 15) is 0 Å². The molecule has 11 heavy (non-hydrogen) atoms. The Morgan fingerprint density at radius 1 is 1.00 bits per heavy atom. The van der Waals surface area contributed by atoms with Crippen molar-refractivity contribution in [3.63, 3.8) is 0 Å². The van der Waals surface area contributed by atoms with Crippen LogP contribution in [0, 0.1) is 0 Å². The van der Waals surface area contributed by atoms with Gasteiger partial charge >= 0.3 is 0 Å². The van der Waals surface area contributed by atoms with Crippen molar-refractivity contribution < 1.29 is 0 Å². The van der Waals surface area contributed by atoms with Crippen molar-refractivity contribution in [2.75, 3.05) is 0 Å². The summed E-state index contributed by atoms with van der Waals surface area (Å²) in [5.74, 6) is 0.386. The molecule has 0 amide bonds. The van der Waals surface area contributed by atoms with Gasteiger partial charge < -0.3 is 0 Å². The molecular formula is C7H4Cl4. The van der Waals surface area contributed by atoms with Gasteiger partial charge in [0.1, 0.15) is 0 Å². The van der Waals surface area contributed by atoms with E-state index in [0.29, 0.717) is 20.9 Å². The van der Waals surface area contributed by atoms with Gasteiger partial charge in [0, 0.05) is 5.88 Å². The monoisotopic (exact) mass is 228 g/mol. The first kappa shape index (κ1) is 9.47. The highest BCUT2D eigenvalue weighted by molar-refractivity contribution is 6.48. The minimum absolute atomic E-state index is 0.377. The Bertz CT molecular complexity index is 246. The Kier molecular flexibility index (Phi) is 3.32. The third-order valence-corrected chi connectivity index (χ3v) is 2.70. The predicted molar refractivity (Wildman–Crippen MR) is 51.0 cm³/mol. The van der Waals surface area contributed by atoms with Crippen LogP contribution in [0.3, 0.4) is 0 Å². The first-order valence-corrected chi connectivity index (χ1v) is 4.51. The van der Waals surface area contributed by atoms with Gasteiger partial charge in [-0.2, -0.15) is 0 Å². The summed E-state index contributed by atoms with van der Waals surface area (Å²) in [5, 5.41) is 1.26. The lowest BCUT2D eigenvalue weighted by atomic mass is 10.2. The van der Waals surface area contributed by atoms with Crippen molar-refractivity contribution in [1.29, 1.82) is 0 Å². The van der Waals surface area contributed by atoms with Crippen LogP contribution in [-0.2, 0) is 5.88 Å². The van der Waals surface area contributed by atoms with E-state index < -0.39 is 0 Å². The number of hydrogen-bond acceptors (Lipinski definition) is 0. The SMILES string of the molecule is ClCc1cc(Cl)c(Cl)c(Cl)c1. The lowest BCUT2D eigenvalue weighted by Crippen LogP contribution is -1.79. The molecule has 0 N–H and O–H groups in total. The minimum atomic E-state index is 0.377. The van der Waals surface area contributed by atoms with Gasteiger partial charge in [-0.1, -0.05) is 34.8 Å². The van der Waals surface area contributed by atoms with Crippen LogP contribution < -0.4 is 0 Å². The molecule has 1 rings (SSSR count). The molecule has 1 aromatic rings. The van der Waals surface area contributed by atoms with Crippen LogP contribution in [0.25, 0.3) is 0 Å². The van der Waals surface area contributed by atoms with Crippen molar-refractivity contribution in [2.45, 2.75) is 5.88 Å². The van der Waals surface area contributed by atoms with Gasteiger partial charge in [-0.15, -0.1) is 11.6 Å². The van der Waals surface area contributed by atoms with Crippen molar-refractivity contribution in [1.82, 2.24) is 0 Å². The third kappa shape index (κ3) is 2.16. The molecule has 0 aliphatic rings. The Hall–Kier alpha value is 0.380. The molecule has 0 unspecified atom stereocenters. The first-order chi connectivity index (χ1) is 5.15. The van der Waals surface area contributed by atoms with Crippen molar-refractivity contribution in [3.8, 4) is 0 Å². The molecule has 1 aromatic carbocycles. The summed E-state index contributed by atoms with van der Waals surface area (Å²) in [6.07, 6.45) is 0. The number of rotatable bonds is 1. The van der Waals surface area contributed by atoms with Gasteiger partial charge in [0.25, 0.3) is 0 Å². The van der Waals surface area contributed by atoms with Crippen LogP contribution in [0.1, 0.15) is 5.56 Å². The molecule has 0 saturated heterocycles. The van der Waals surface area contributed by atoms with Gasteiger partial charge in [-0.3, -0.25) is 0 Å². The highest BCUT2D eigenvalue weighted by Gasteiger charge is 2.04. The second-order valence-electron chi connectivity index (χ2n) is 2.01. The molecule has 0 fully saturated rings. The zero-order valence-electron chi connectivity index (χ0n) is 5.37. The molecule has 0 saturated carbocycles. The molecule has 0 spiro atoms. The predicted octanol–water partition coefficient (Wildman–Crippen LogP) is 4.39. The molecular weight excluding hydrogens is 226 g/mol. The summed E-state index contributed by atoms with van der Waals surface area (Å²) < 4.78 is 0. The smallest absolute Gasteiger partial charge is 0.0778 e. The lowest BCUT2D eigenvalue weighted by Gasteiger charge is -2.01. The molecule has 4 heteroatoms. The van der Waals surface area contributed by atoms with Crippen LogP contribution in [0.5, 0.6) is 0 Å². The fourth-order valence-corrected chi connectivity index (χ4v) is 1.48. The maximum Gasteiger partial charge on any atom is 0.0778 e. The van der Waals surface area contributed by atoms with Crippen LogP contribution in [0.4, 0.5) is 0 Å². The third-order valence-electron chi connectivity index (χ3n) is 1.20. The first-order valence-electron chi connectivity index (χ1n) is 2.84. The standard InChI is InChI=1S/C7H4Cl4/c8-3-4-1-5(9)7(11)6(10)2-4/h1-2H,3H2. The van der Waals surface area contributed by atoms with Crippen LogP contribution in [-0.4, -0.2) is 0 Å². The van der Waals surface area contributed by atoms with Gasteiger partial charge in [-0.05, 0) is 17.7 Å². The summed E-state index contributed by atoms with van der Waals surface area (Å²) in [7, 11) is 0. The number of halogens is 4. The van der Waals surface area contributed by atoms with Crippen LogP contribution in [0.15, 0.2) is 12.1 Å². The van der Waals surface area contributed by atoms with Gasteiger partial charge in [0.05, 0.1) is 15.1 Å². The topological polar surface area (TPSA) is 0 Å². The number of benzene rings is 1. The highest BCUT2D eigenvalue weighted by atomic mass is 35.5. The molecule has 0 radical (unpaired) electrons. The summed E-state index contributed by atoms with van der Waals surface area (Å²) in [4.78, 5) is 0. The molecule has 0 aliphatic heterocycles. The van der Waals surface area contributed by atoms with Crippen molar-refractivity contribution in [2.24, 2.45) is 0 Å². The van der Waals surface area contributed by atoms with Gasteiger partial charge in [-0.25, -0.2) is 0 Å². The van der Waals surface area contributed by atoms with E-state index in [1.54, 1.807) is 12.1 Å². The molecule has 0 heterocycles. The van der Waals surface area contributed by atoms with Crippen molar-refractivity contribution in [3.05, 3.63) is 32.8 Å². The minimum Gasteiger partial charge on any atom is -0.122 e. The van der Waals surface area contributed by atoms with Crippen molar-refractivity contribution >= 4 is 46.4 Å². The second-order valence-corrected chi connectivity index (χ2v) is 3.47. The van der Waals surface area contributed by atoms with E-state index in [2.05, 4.69) is 0 Å². The fourth-order valence-electron chi connectivity index (χ4n) is 0.685. The fraction of sp³-hybridized carbons (Fsp3) is 0.143.